The fraction of sp³-hybridized carbons (Fsp3) is 0.636. The third-order valence-electron chi connectivity index (χ3n) is 2.93. The first-order chi connectivity index (χ1) is 7.58. The molecule has 0 bridgehead atoms. The number of nitrogens with one attached hydrogen (secondary N) is 1. The lowest BCUT2D eigenvalue weighted by Gasteiger charge is -2.13. The number of aromatic amines is 1. The number of nitrogens with zero attached hydrogens (tertiary/aromatic N) is 2. The van der Waals surface area contributed by atoms with E-state index in [-0.39, 0.29) is 24.4 Å². The van der Waals surface area contributed by atoms with E-state index in [4.69, 9.17) is 5.73 Å². The topological polar surface area (TPSA) is 75.0 Å². The highest BCUT2D eigenvalue weighted by atomic mass is 35.5. The quantitative estimate of drug-likeness (QED) is 0.835. The first kappa shape index (κ1) is 14.0. The molecule has 17 heavy (non-hydrogen) atoms. The Bertz CT molecular complexity index is 391. The minimum atomic E-state index is 0. The second kappa shape index (κ2) is 5.51. The summed E-state index contributed by atoms with van der Waals surface area (Å²) in [6.07, 6.45) is 0.886. The molecule has 1 unspecified atom stereocenters. The van der Waals surface area contributed by atoms with Crippen molar-refractivity contribution in [3.05, 3.63) is 17.5 Å². The number of aromatic nitrogens is 2. The third-order valence-corrected chi connectivity index (χ3v) is 2.93. The Morgan fingerprint density at radius 3 is 2.82 bits per heavy atom. The maximum Gasteiger partial charge on any atom is 0.271 e. The van der Waals surface area contributed by atoms with Crippen LogP contribution < -0.4 is 5.73 Å². The molecule has 6 heteroatoms. The van der Waals surface area contributed by atoms with E-state index in [1.54, 1.807) is 4.90 Å². The van der Waals surface area contributed by atoms with Crippen molar-refractivity contribution < 1.29 is 4.79 Å². The van der Waals surface area contributed by atoms with E-state index in [1.165, 1.54) is 0 Å². The molecule has 1 aromatic heterocycles. The number of carbonyl (C=O) groups excluding carboxylic acids is 1. The Kier molecular flexibility index (Phi) is 4.54. The smallest absolute Gasteiger partial charge is 0.271 e. The number of rotatable bonds is 2. The summed E-state index contributed by atoms with van der Waals surface area (Å²) in [5, 5.41) is 6.92. The highest BCUT2D eigenvalue weighted by molar-refractivity contribution is 5.92. The zero-order valence-corrected chi connectivity index (χ0v) is 11.0. The summed E-state index contributed by atoms with van der Waals surface area (Å²) in [4.78, 5) is 13.8. The largest absolute Gasteiger partial charge is 0.336 e. The molecule has 1 amide bonds. The molecule has 0 saturated carbocycles. The standard InChI is InChI=1S/C11H18N4O.ClH/c1-7(2)9-5-10(14-13-9)11(16)15-4-3-8(12)6-15;/h5,7-8H,3-4,6,12H2,1-2H3,(H,13,14);1H. The Morgan fingerprint density at radius 1 is 1.65 bits per heavy atom. The van der Waals surface area contributed by atoms with Gasteiger partial charge in [0.1, 0.15) is 5.69 Å². The van der Waals surface area contributed by atoms with E-state index in [0.717, 1.165) is 18.7 Å². The Hall–Kier alpha value is -1.07. The zero-order chi connectivity index (χ0) is 11.7. The van der Waals surface area contributed by atoms with Gasteiger partial charge in [-0.05, 0) is 18.4 Å². The second-order valence-electron chi connectivity index (χ2n) is 4.66. The van der Waals surface area contributed by atoms with Crippen LogP contribution in [0.15, 0.2) is 6.07 Å². The van der Waals surface area contributed by atoms with Crippen molar-refractivity contribution in [1.82, 2.24) is 15.1 Å². The number of carbonyl (C=O) groups is 1. The molecule has 1 atom stereocenters. The molecule has 2 heterocycles. The molecule has 1 aliphatic heterocycles. The van der Waals surface area contributed by atoms with Crippen molar-refractivity contribution in [2.75, 3.05) is 13.1 Å². The minimum Gasteiger partial charge on any atom is -0.336 e. The normalized spacial score (nSPS) is 19.5. The molecule has 0 aromatic carbocycles. The maximum atomic E-state index is 12.0. The highest BCUT2D eigenvalue weighted by Gasteiger charge is 2.25. The van der Waals surface area contributed by atoms with Crippen molar-refractivity contribution in [3.63, 3.8) is 0 Å². The van der Waals surface area contributed by atoms with Gasteiger partial charge in [0.15, 0.2) is 0 Å². The average Bonchev–Trinajstić information content (AvgIpc) is 2.84. The van der Waals surface area contributed by atoms with Gasteiger partial charge in [-0.1, -0.05) is 13.8 Å². The van der Waals surface area contributed by atoms with Crippen LogP contribution >= 0.6 is 12.4 Å². The van der Waals surface area contributed by atoms with Crippen molar-refractivity contribution in [3.8, 4) is 0 Å². The summed E-state index contributed by atoms with van der Waals surface area (Å²) in [6, 6.07) is 1.95. The molecule has 1 aromatic rings. The molecule has 2 rings (SSSR count). The van der Waals surface area contributed by atoms with Gasteiger partial charge in [0.2, 0.25) is 0 Å². The summed E-state index contributed by atoms with van der Waals surface area (Å²) in [5.74, 6) is 0.339. The highest BCUT2D eigenvalue weighted by Crippen LogP contribution is 2.15. The van der Waals surface area contributed by atoms with Gasteiger partial charge in [0.25, 0.3) is 5.91 Å². The molecule has 5 nitrogen and oxygen atoms in total. The Labute approximate surface area is 107 Å². The third kappa shape index (κ3) is 2.98. The molecule has 0 radical (unpaired) electrons. The van der Waals surface area contributed by atoms with Crippen molar-refractivity contribution in [2.24, 2.45) is 5.73 Å². The van der Waals surface area contributed by atoms with Gasteiger partial charge >= 0.3 is 0 Å². The van der Waals surface area contributed by atoms with Crippen LogP contribution in [0.4, 0.5) is 0 Å². The molecule has 3 N–H and O–H groups in total. The van der Waals surface area contributed by atoms with E-state index in [2.05, 4.69) is 24.0 Å². The molecule has 1 saturated heterocycles. The lowest BCUT2D eigenvalue weighted by atomic mass is 10.1. The number of hydrogen-bond acceptors (Lipinski definition) is 3. The van der Waals surface area contributed by atoms with Crippen molar-refractivity contribution in [1.29, 1.82) is 0 Å². The Morgan fingerprint density at radius 2 is 2.35 bits per heavy atom. The number of halogens is 1. The number of H-pyrrole nitrogens is 1. The zero-order valence-electron chi connectivity index (χ0n) is 10.1. The molecular weight excluding hydrogens is 240 g/mol. The molecule has 1 aliphatic rings. The van der Waals surface area contributed by atoms with Gasteiger partial charge in [-0.2, -0.15) is 5.10 Å². The summed E-state index contributed by atoms with van der Waals surface area (Å²) in [5.41, 5.74) is 7.27. The summed E-state index contributed by atoms with van der Waals surface area (Å²) < 4.78 is 0. The molecule has 0 spiro atoms. The van der Waals surface area contributed by atoms with E-state index in [1.807, 2.05) is 6.07 Å². The Balaban J connectivity index is 0.00000144. The predicted molar refractivity (Wildman–Crippen MR) is 68.4 cm³/mol. The molecule has 0 aliphatic carbocycles. The van der Waals surface area contributed by atoms with Crippen molar-refractivity contribution in [2.45, 2.75) is 32.2 Å². The molecule has 96 valence electrons. The van der Waals surface area contributed by atoms with Crippen LogP contribution in [0.5, 0.6) is 0 Å². The van der Waals surface area contributed by atoms with Crippen LogP contribution in [0.1, 0.15) is 42.4 Å². The van der Waals surface area contributed by atoms with Gasteiger partial charge in [-0.25, -0.2) is 0 Å². The van der Waals surface area contributed by atoms with Crippen LogP contribution in [0.3, 0.4) is 0 Å². The molecule has 1 fully saturated rings. The van der Waals surface area contributed by atoms with E-state index >= 15 is 0 Å². The number of amides is 1. The van der Waals surface area contributed by atoms with Crippen LogP contribution in [0.2, 0.25) is 0 Å². The first-order valence-electron chi connectivity index (χ1n) is 5.68. The summed E-state index contributed by atoms with van der Waals surface area (Å²) in [7, 11) is 0. The average molecular weight is 259 g/mol. The van der Waals surface area contributed by atoms with Gasteiger partial charge < -0.3 is 10.6 Å². The fourth-order valence-corrected chi connectivity index (χ4v) is 1.88. The van der Waals surface area contributed by atoms with Crippen LogP contribution in [-0.2, 0) is 0 Å². The second-order valence-corrected chi connectivity index (χ2v) is 4.66. The van der Waals surface area contributed by atoms with E-state index in [0.29, 0.717) is 18.2 Å². The van der Waals surface area contributed by atoms with Gasteiger partial charge in [-0.15, -0.1) is 12.4 Å². The van der Waals surface area contributed by atoms with Crippen LogP contribution in [-0.4, -0.2) is 40.1 Å². The van der Waals surface area contributed by atoms with E-state index < -0.39 is 0 Å². The SMILES string of the molecule is CC(C)c1cc(C(=O)N2CCC(N)C2)[nH]n1.Cl. The predicted octanol–water partition coefficient (Wildman–Crippen LogP) is 1.13. The molecular formula is C11H19ClN4O. The monoisotopic (exact) mass is 258 g/mol. The van der Waals surface area contributed by atoms with Crippen molar-refractivity contribution >= 4 is 18.3 Å². The number of hydrogen-bond donors (Lipinski definition) is 2. The minimum absolute atomic E-state index is 0. The van der Waals surface area contributed by atoms with Gasteiger partial charge in [-0.3, -0.25) is 9.89 Å². The van der Waals surface area contributed by atoms with E-state index in [9.17, 15) is 4.79 Å². The van der Waals surface area contributed by atoms with Crippen LogP contribution in [0, 0.1) is 0 Å². The lowest BCUT2D eigenvalue weighted by Crippen LogP contribution is -2.32. The summed E-state index contributed by atoms with van der Waals surface area (Å²) in [6.45, 7) is 5.50. The lowest BCUT2D eigenvalue weighted by molar-refractivity contribution is 0.0785. The van der Waals surface area contributed by atoms with Gasteiger partial charge in [0.05, 0.1) is 5.69 Å². The first-order valence-corrected chi connectivity index (χ1v) is 5.68. The maximum absolute atomic E-state index is 12.0. The number of nitrogens with two attached hydrogens (primary N) is 1. The summed E-state index contributed by atoms with van der Waals surface area (Å²) >= 11 is 0. The van der Waals surface area contributed by atoms with Gasteiger partial charge in [0, 0.05) is 19.1 Å². The number of likely N-dealkylation sites (tertiary alicyclic amines) is 1. The fourth-order valence-electron chi connectivity index (χ4n) is 1.88. The van der Waals surface area contributed by atoms with Crippen LogP contribution in [0.25, 0.3) is 0 Å².